The molecule has 0 N–H and O–H groups in total. The zero-order chi connectivity index (χ0) is 20.6. The van der Waals surface area contributed by atoms with Gasteiger partial charge in [-0.05, 0) is 50.5 Å². The SMILES string of the molecule is CCC(c1ccc(C(C)(C)C)cc1)c1cc(C(C)(C)C)ccc1C(C)(C)C. The number of benzene rings is 2. The Labute approximate surface area is 168 Å². The summed E-state index contributed by atoms with van der Waals surface area (Å²) in [5.74, 6) is 0.440. The standard InChI is InChI=1S/C27H40/c1-11-22(19-12-14-20(15-13-19)25(2,3)4)23-18-21(26(5,6)7)16-17-24(23)27(8,9)10/h12-18,22H,11H2,1-10H3. The summed E-state index contributed by atoms with van der Waals surface area (Å²) < 4.78 is 0. The van der Waals surface area contributed by atoms with Gasteiger partial charge in [0, 0.05) is 5.92 Å². The Morgan fingerprint density at radius 2 is 1.11 bits per heavy atom. The van der Waals surface area contributed by atoms with Gasteiger partial charge in [-0.1, -0.05) is 112 Å². The van der Waals surface area contributed by atoms with Crippen LogP contribution < -0.4 is 0 Å². The highest BCUT2D eigenvalue weighted by atomic mass is 14.3. The quantitative estimate of drug-likeness (QED) is 0.516. The zero-order valence-electron chi connectivity index (χ0n) is 19.3. The summed E-state index contributed by atoms with van der Waals surface area (Å²) in [6.07, 6.45) is 1.12. The maximum absolute atomic E-state index is 2.48. The van der Waals surface area contributed by atoms with E-state index < -0.39 is 0 Å². The lowest BCUT2D eigenvalue weighted by Crippen LogP contribution is -2.19. The molecule has 0 bridgehead atoms. The van der Waals surface area contributed by atoms with E-state index in [1.54, 1.807) is 0 Å². The van der Waals surface area contributed by atoms with Crippen molar-refractivity contribution < 1.29 is 0 Å². The zero-order valence-corrected chi connectivity index (χ0v) is 19.3. The second-order valence-electron chi connectivity index (χ2n) is 11.1. The van der Waals surface area contributed by atoms with Gasteiger partial charge in [0.15, 0.2) is 0 Å². The molecule has 2 aromatic rings. The van der Waals surface area contributed by atoms with Gasteiger partial charge < -0.3 is 0 Å². The number of rotatable bonds is 3. The average molecular weight is 365 g/mol. The third-order valence-corrected chi connectivity index (χ3v) is 5.69. The van der Waals surface area contributed by atoms with Crippen molar-refractivity contribution in [3.63, 3.8) is 0 Å². The van der Waals surface area contributed by atoms with Crippen LogP contribution in [0.1, 0.15) is 109 Å². The Kier molecular flexibility index (Phi) is 6.00. The minimum atomic E-state index is 0.143. The van der Waals surface area contributed by atoms with Gasteiger partial charge in [-0.25, -0.2) is 0 Å². The van der Waals surface area contributed by atoms with Crippen molar-refractivity contribution in [3.8, 4) is 0 Å². The summed E-state index contributed by atoms with van der Waals surface area (Å²) in [6.45, 7) is 23.1. The molecule has 0 heteroatoms. The Morgan fingerprint density at radius 1 is 0.630 bits per heavy atom. The molecule has 0 radical (unpaired) electrons. The van der Waals surface area contributed by atoms with Crippen LogP contribution in [0.3, 0.4) is 0 Å². The van der Waals surface area contributed by atoms with Gasteiger partial charge in [-0.15, -0.1) is 0 Å². The minimum Gasteiger partial charge on any atom is -0.0645 e. The summed E-state index contributed by atoms with van der Waals surface area (Å²) in [5.41, 5.74) is 7.74. The summed E-state index contributed by atoms with van der Waals surface area (Å²) in [4.78, 5) is 0. The molecule has 0 aliphatic carbocycles. The van der Waals surface area contributed by atoms with Crippen molar-refractivity contribution in [2.75, 3.05) is 0 Å². The summed E-state index contributed by atoms with van der Waals surface area (Å²) >= 11 is 0. The summed E-state index contributed by atoms with van der Waals surface area (Å²) in [6, 6.07) is 16.5. The first kappa shape index (κ1) is 21.7. The lowest BCUT2D eigenvalue weighted by atomic mass is 9.74. The van der Waals surface area contributed by atoms with Crippen molar-refractivity contribution in [2.24, 2.45) is 0 Å². The average Bonchev–Trinajstić information content (AvgIpc) is 2.53. The van der Waals surface area contributed by atoms with Crippen molar-refractivity contribution in [3.05, 3.63) is 70.3 Å². The van der Waals surface area contributed by atoms with Gasteiger partial charge in [0.05, 0.1) is 0 Å². The molecule has 2 rings (SSSR count). The summed E-state index contributed by atoms with van der Waals surface area (Å²) in [7, 11) is 0. The van der Waals surface area contributed by atoms with Crippen LogP contribution in [0.15, 0.2) is 42.5 Å². The van der Waals surface area contributed by atoms with Gasteiger partial charge in [0.1, 0.15) is 0 Å². The van der Waals surface area contributed by atoms with Crippen molar-refractivity contribution in [2.45, 2.75) is 97.8 Å². The van der Waals surface area contributed by atoms with Crippen molar-refractivity contribution >= 4 is 0 Å². The maximum Gasteiger partial charge on any atom is 0.00897 e. The monoisotopic (exact) mass is 364 g/mol. The lowest BCUT2D eigenvalue weighted by Gasteiger charge is -2.30. The van der Waals surface area contributed by atoms with E-state index in [-0.39, 0.29) is 16.2 Å². The highest BCUT2D eigenvalue weighted by Crippen LogP contribution is 2.39. The molecule has 0 aliphatic heterocycles. The van der Waals surface area contributed by atoms with Gasteiger partial charge in [0.2, 0.25) is 0 Å². The van der Waals surface area contributed by atoms with Crippen LogP contribution in [0.4, 0.5) is 0 Å². The Balaban J connectivity index is 2.61. The largest absolute Gasteiger partial charge is 0.0645 e. The summed E-state index contributed by atoms with van der Waals surface area (Å²) in [5, 5.41) is 0. The van der Waals surface area contributed by atoms with Gasteiger partial charge in [-0.3, -0.25) is 0 Å². The van der Waals surface area contributed by atoms with E-state index in [1.165, 1.54) is 27.8 Å². The molecular weight excluding hydrogens is 324 g/mol. The molecular formula is C27H40. The van der Waals surface area contributed by atoms with Crippen LogP contribution in [0.25, 0.3) is 0 Å². The van der Waals surface area contributed by atoms with E-state index in [9.17, 15) is 0 Å². The molecule has 0 saturated heterocycles. The smallest absolute Gasteiger partial charge is 0.00897 e. The fourth-order valence-electron chi connectivity index (χ4n) is 3.85. The molecule has 1 unspecified atom stereocenters. The normalized spacial score (nSPS) is 14.3. The first-order valence-corrected chi connectivity index (χ1v) is 10.5. The van der Waals surface area contributed by atoms with E-state index in [0.29, 0.717) is 5.92 Å². The van der Waals surface area contributed by atoms with Crippen LogP contribution in [0.5, 0.6) is 0 Å². The minimum absolute atomic E-state index is 0.143. The molecule has 0 aliphatic rings. The Morgan fingerprint density at radius 3 is 1.52 bits per heavy atom. The third kappa shape index (κ3) is 5.03. The topological polar surface area (TPSA) is 0 Å². The highest BCUT2D eigenvalue weighted by molar-refractivity contribution is 5.45. The fourth-order valence-corrected chi connectivity index (χ4v) is 3.85. The highest BCUT2D eigenvalue weighted by Gasteiger charge is 2.26. The van der Waals surface area contributed by atoms with E-state index >= 15 is 0 Å². The Hall–Kier alpha value is -1.56. The Bertz CT molecular complexity index is 756. The molecule has 148 valence electrons. The van der Waals surface area contributed by atoms with Crippen molar-refractivity contribution in [1.82, 2.24) is 0 Å². The first-order chi connectivity index (χ1) is 12.2. The van der Waals surface area contributed by atoms with Gasteiger partial charge in [0.25, 0.3) is 0 Å². The second-order valence-corrected chi connectivity index (χ2v) is 11.1. The fraction of sp³-hybridized carbons (Fsp3) is 0.556. The first-order valence-electron chi connectivity index (χ1n) is 10.5. The van der Waals surface area contributed by atoms with Gasteiger partial charge in [-0.2, -0.15) is 0 Å². The maximum atomic E-state index is 2.48. The number of hydrogen-bond donors (Lipinski definition) is 0. The molecule has 0 aromatic heterocycles. The molecule has 0 nitrogen and oxygen atoms in total. The van der Waals surface area contributed by atoms with Crippen LogP contribution in [-0.2, 0) is 16.2 Å². The molecule has 0 saturated carbocycles. The van der Waals surface area contributed by atoms with Crippen LogP contribution in [0, 0.1) is 0 Å². The van der Waals surface area contributed by atoms with Crippen LogP contribution in [0.2, 0.25) is 0 Å². The lowest BCUT2D eigenvalue weighted by molar-refractivity contribution is 0.562. The second kappa shape index (κ2) is 7.46. The van der Waals surface area contributed by atoms with Gasteiger partial charge >= 0.3 is 0 Å². The third-order valence-electron chi connectivity index (χ3n) is 5.69. The molecule has 1 atom stereocenters. The molecule has 0 spiro atoms. The van der Waals surface area contributed by atoms with E-state index in [2.05, 4.69) is 112 Å². The molecule has 0 fully saturated rings. The van der Waals surface area contributed by atoms with E-state index in [1.807, 2.05) is 0 Å². The predicted molar refractivity (Wildman–Crippen MR) is 121 cm³/mol. The van der Waals surface area contributed by atoms with Crippen molar-refractivity contribution in [1.29, 1.82) is 0 Å². The molecule has 0 heterocycles. The van der Waals surface area contributed by atoms with Crippen LogP contribution >= 0.6 is 0 Å². The molecule has 0 amide bonds. The van der Waals surface area contributed by atoms with E-state index in [0.717, 1.165) is 6.42 Å². The predicted octanol–water partition coefficient (Wildman–Crippen LogP) is 8.12. The molecule has 27 heavy (non-hydrogen) atoms. The van der Waals surface area contributed by atoms with E-state index in [4.69, 9.17) is 0 Å². The number of hydrogen-bond acceptors (Lipinski definition) is 0. The molecule has 2 aromatic carbocycles. The van der Waals surface area contributed by atoms with Crippen LogP contribution in [-0.4, -0.2) is 0 Å².